The van der Waals surface area contributed by atoms with Crippen LogP contribution in [0.1, 0.15) is 5.56 Å². The molecule has 0 aliphatic carbocycles. The second-order valence-corrected chi connectivity index (χ2v) is 4.79. The number of hydrogen-bond donors (Lipinski definition) is 1. The van der Waals surface area contributed by atoms with Crippen molar-refractivity contribution in [3.63, 3.8) is 0 Å². The van der Waals surface area contributed by atoms with Crippen LogP contribution < -0.4 is 5.32 Å². The van der Waals surface area contributed by atoms with E-state index in [0.717, 1.165) is 10.0 Å². The summed E-state index contributed by atoms with van der Waals surface area (Å²) in [5.74, 6) is 0.332. The summed E-state index contributed by atoms with van der Waals surface area (Å²) < 4.78 is 13.8. The van der Waals surface area contributed by atoms with Crippen LogP contribution in [0.15, 0.2) is 41.0 Å². The minimum Gasteiger partial charge on any atom is -0.365 e. The maximum Gasteiger partial charge on any atom is 0.145 e. The summed E-state index contributed by atoms with van der Waals surface area (Å²) in [6.07, 6.45) is 1.65. The number of nitrogens with zero attached hydrogens (tertiary/aromatic N) is 1. The summed E-state index contributed by atoms with van der Waals surface area (Å²) in [5, 5.41) is 3.58. The van der Waals surface area contributed by atoms with Gasteiger partial charge in [-0.05, 0) is 39.7 Å². The summed E-state index contributed by atoms with van der Waals surface area (Å²) in [7, 11) is 0. The summed E-state index contributed by atoms with van der Waals surface area (Å²) in [6.45, 7) is 0.478. The summed E-state index contributed by atoms with van der Waals surface area (Å²) in [6, 6.07) is 8.14. The average Bonchev–Trinajstić information content (AvgIpc) is 2.28. The zero-order chi connectivity index (χ0) is 12.3. The topological polar surface area (TPSA) is 24.9 Å². The fourth-order valence-corrected chi connectivity index (χ4v) is 2.07. The van der Waals surface area contributed by atoms with Crippen LogP contribution in [-0.2, 0) is 6.54 Å². The van der Waals surface area contributed by atoms with E-state index in [4.69, 9.17) is 11.6 Å². The molecule has 0 spiro atoms. The Kier molecular flexibility index (Phi) is 3.97. The molecule has 0 aliphatic heterocycles. The largest absolute Gasteiger partial charge is 0.365 e. The van der Waals surface area contributed by atoms with Crippen molar-refractivity contribution in [2.24, 2.45) is 0 Å². The third-order valence-corrected chi connectivity index (χ3v) is 2.88. The highest BCUT2D eigenvalue weighted by Crippen LogP contribution is 2.23. The first-order valence-electron chi connectivity index (χ1n) is 4.94. The van der Waals surface area contributed by atoms with Crippen LogP contribution in [0.25, 0.3) is 0 Å². The number of aromatic nitrogens is 1. The first-order valence-corrected chi connectivity index (χ1v) is 6.11. The van der Waals surface area contributed by atoms with E-state index in [2.05, 4.69) is 26.2 Å². The molecule has 1 aromatic carbocycles. The van der Waals surface area contributed by atoms with E-state index in [9.17, 15) is 4.39 Å². The van der Waals surface area contributed by atoms with E-state index in [0.29, 0.717) is 17.4 Å². The summed E-state index contributed by atoms with van der Waals surface area (Å²) in [4.78, 5) is 4.13. The number of anilines is 1. The lowest BCUT2D eigenvalue weighted by molar-refractivity contribution is 0.626. The molecular weight excluding hydrogens is 307 g/mol. The van der Waals surface area contributed by atoms with Gasteiger partial charge in [-0.15, -0.1) is 0 Å². The normalized spacial score (nSPS) is 10.3. The van der Waals surface area contributed by atoms with Gasteiger partial charge >= 0.3 is 0 Å². The molecule has 0 atom stereocenters. The van der Waals surface area contributed by atoms with Crippen LogP contribution >= 0.6 is 27.5 Å². The Morgan fingerprint density at radius 3 is 2.88 bits per heavy atom. The Balaban J connectivity index is 2.07. The van der Waals surface area contributed by atoms with Crippen LogP contribution in [0.4, 0.5) is 10.2 Å². The molecule has 0 radical (unpaired) electrons. The Morgan fingerprint density at radius 1 is 1.35 bits per heavy atom. The zero-order valence-electron chi connectivity index (χ0n) is 8.75. The van der Waals surface area contributed by atoms with Gasteiger partial charge in [0, 0.05) is 17.2 Å². The maximum atomic E-state index is 12.9. The molecule has 0 aliphatic rings. The predicted molar refractivity (Wildman–Crippen MR) is 70.7 cm³/mol. The molecule has 1 heterocycles. The van der Waals surface area contributed by atoms with Crippen molar-refractivity contribution in [3.05, 3.63) is 57.4 Å². The summed E-state index contributed by atoms with van der Waals surface area (Å²) in [5.41, 5.74) is 0.839. The van der Waals surface area contributed by atoms with Crippen molar-refractivity contribution >= 4 is 33.3 Å². The first-order chi connectivity index (χ1) is 8.15. The Hall–Kier alpha value is -1.13. The van der Waals surface area contributed by atoms with Gasteiger partial charge in [0.1, 0.15) is 11.6 Å². The molecule has 0 fully saturated rings. The molecule has 2 rings (SSSR count). The molecule has 5 heteroatoms. The third-order valence-electron chi connectivity index (χ3n) is 2.16. The molecule has 1 aromatic heterocycles. The van der Waals surface area contributed by atoms with Crippen LogP contribution in [0, 0.1) is 5.82 Å². The SMILES string of the molecule is Fc1cccc(CNc2ncc(Br)cc2Cl)c1. The van der Waals surface area contributed by atoms with E-state index in [1.54, 1.807) is 18.3 Å². The molecule has 0 saturated carbocycles. The van der Waals surface area contributed by atoms with Crippen molar-refractivity contribution in [2.75, 3.05) is 5.32 Å². The van der Waals surface area contributed by atoms with Crippen LogP contribution in [0.5, 0.6) is 0 Å². The number of rotatable bonds is 3. The van der Waals surface area contributed by atoms with Gasteiger partial charge in [0.25, 0.3) is 0 Å². The first kappa shape index (κ1) is 12.3. The lowest BCUT2D eigenvalue weighted by Crippen LogP contribution is -2.02. The quantitative estimate of drug-likeness (QED) is 0.916. The molecule has 17 heavy (non-hydrogen) atoms. The fraction of sp³-hybridized carbons (Fsp3) is 0.0833. The van der Waals surface area contributed by atoms with Gasteiger partial charge in [-0.25, -0.2) is 9.37 Å². The number of halogens is 3. The number of hydrogen-bond acceptors (Lipinski definition) is 2. The van der Waals surface area contributed by atoms with E-state index >= 15 is 0 Å². The summed E-state index contributed by atoms with van der Waals surface area (Å²) >= 11 is 9.28. The van der Waals surface area contributed by atoms with Gasteiger partial charge in [-0.3, -0.25) is 0 Å². The third kappa shape index (κ3) is 3.41. The molecular formula is C12H9BrClFN2. The molecule has 88 valence electrons. The Labute approximate surface area is 112 Å². The van der Waals surface area contributed by atoms with Crippen molar-refractivity contribution in [2.45, 2.75) is 6.54 Å². The van der Waals surface area contributed by atoms with Crippen LogP contribution in [0.3, 0.4) is 0 Å². The minimum atomic E-state index is -0.251. The van der Waals surface area contributed by atoms with E-state index in [-0.39, 0.29) is 5.82 Å². The van der Waals surface area contributed by atoms with Crippen molar-refractivity contribution in [3.8, 4) is 0 Å². The van der Waals surface area contributed by atoms with Gasteiger partial charge in [0.2, 0.25) is 0 Å². The molecule has 0 unspecified atom stereocenters. The van der Waals surface area contributed by atoms with Gasteiger partial charge in [-0.2, -0.15) is 0 Å². The van der Waals surface area contributed by atoms with Crippen molar-refractivity contribution in [1.29, 1.82) is 0 Å². The van der Waals surface area contributed by atoms with Gasteiger partial charge in [-0.1, -0.05) is 23.7 Å². The molecule has 2 aromatic rings. The lowest BCUT2D eigenvalue weighted by atomic mass is 10.2. The van der Waals surface area contributed by atoms with Gasteiger partial charge in [0.15, 0.2) is 0 Å². The van der Waals surface area contributed by atoms with Gasteiger partial charge < -0.3 is 5.32 Å². The Morgan fingerprint density at radius 2 is 2.18 bits per heavy atom. The lowest BCUT2D eigenvalue weighted by Gasteiger charge is -2.07. The number of benzene rings is 1. The molecule has 0 saturated heterocycles. The highest BCUT2D eigenvalue weighted by Gasteiger charge is 2.02. The minimum absolute atomic E-state index is 0.251. The standard InChI is InChI=1S/C12H9BrClFN2/c13-9-5-11(14)12(17-7-9)16-6-8-2-1-3-10(15)4-8/h1-5,7H,6H2,(H,16,17). The second-order valence-electron chi connectivity index (χ2n) is 3.47. The number of nitrogens with one attached hydrogen (secondary N) is 1. The maximum absolute atomic E-state index is 12.9. The average molecular weight is 316 g/mol. The smallest absolute Gasteiger partial charge is 0.145 e. The van der Waals surface area contributed by atoms with Crippen LogP contribution in [-0.4, -0.2) is 4.98 Å². The molecule has 0 amide bonds. The second kappa shape index (κ2) is 5.47. The van der Waals surface area contributed by atoms with E-state index < -0.39 is 0 Å². The van der Waals surface area contributed by atoms with Crippen molar-refractivity contribution in [1.82, 2.24) is 4.98 Å². The van der Waals surface area contributed by atoms with Gasteiger partial charge in [0.05, 0.1) is 5.02 Å². The van der Waals surface area contributed by atoms with Crippen molar-refractivity contribution < 1.29 is 4.39 Å². The predicted octanol–water partition coefficient (Wildman–Crippen LogP) is 4.25. The van der Waals surface area contributed by atoms with E-state index in [1.807, 2.05) is 6.07 Å². The fourth-order valence-electron chi connectivity index (χ4n) is 1.38. The molecule has 1 N–H and O–H groups in total. The number of pyridine rings is 1. The monoisotopic (exact) mass is 314 g/mol. The highest BCUT2D eigenvalue weighted by atomic mass is 79.9. The zero-order valence-corrected chi connectivity index (χ0v) is 11.1. The molecule has 2 nitrogen and oxygen atoms in total. The highest BCUT2D eigenvalue weighted by molar-refractivity contribution is 9.10. The molecule has 0 bridgehead atoms. The Bertz CT molecular complexity index is 534. The van der Waals surface area contributed by atoms with E-state index in [1.165, 1.54) is 12.1 Å². The van der Waals surface area contributed by atoms with Crippen LogP contribution in [0.2, 0.25) is 5.02 Å².